The number of fused-ring (bicyclic) bond motifs is 1. The number of carbonyl (C=O) groups is 1. The third-order valence-electron chi connectivity index (χ3n) is 4.21. The smallest absolute Gasteiger partial charge is 0.424 e. The summed E-state index contributed by atoms with van der Waals surface area (Å²) in [7, 11) is 0. The van der Waals surface area contributed by atoms with Crippen molar-refractivity contribution in [2.45, 2.75) is 32.4 Å². The van der Waals surface area contributed by atoms with Crippen LogP contribution in [0.5, 0.6) is 11.5 Å². The Bertz CT molecular complexity index is 675. The maximum Gasteiger partial charge on any atom is 0.492 e. The maximum atomic E-state index is 13.6. The molecule has 0 radical (unpaired) electrons. The van der Waals surface area contributed by atoms with E-state index in [9.17, 15) is 18.0 Å². The minimum absolute atomic E-state index is 0.137. The largest absolute Gasteiger partial charge is 0.492 e. The van der Waals surface area contributed by atoms with Crippen LogP contribution in [0.3, 0.4) is 0 Å². The molecule has 5 nitrogen and oxygen atoms in total. The van der Waals surface area contributed by atoms with Crippen LogP contribution in [-0.4, -0.2) is 36.1 Å². The molecule has 0 unspecified atom stereocenters. The highest BCUT2D eigenvalue weighted by molar-refractivity contribution is 6.30. The van der Waals surface area contributed by atoms with Gasteiger partial charge in [0.25, 0.3) is 0 Å². The van der Waals surface area contributed by atoms with Crippen molar-refractivity contribution in [2.75, 3.05) is 13.1 Å². The van der Waals surface area contributed by atoms with Crippen LogP contribution in [0.1, 0.15) is 20.3 Å². The maximum absolute atomic E-state index is 13.6. The molecular formula is C16H18ClF3N2O3. The van der Waals surface area contributed by atoms with E-state index in [4.69, 9.17) is 21.1 Å². The highest BCUT2D eigenvalue weighted by atomic mass is 35.5. The van der Waals surface area contributed by atoms with E-state index in [2.05, 4.69) is 0 Å². The molecule has 1 aromatic carbocycles. The molecule has 0 spiro atoms. The van der Waals surface area contributed by atoms with Crippen molar-refractivity contribution < 1.29 is 27.4 Å². The normalized spacial score (nSPS) is 28.8. The van der Waals surface area contributed by atoms with Gasteiger partial charge in [0.1, 0.15) is 0 Å². The lowest BCUT2D eigenvalue weighted by molar-refractivity contribution is -0.318. The predicted octanol–water partition coefficient (Wildman–Crippen LogP) is 4.01. The van der Waals surface area contributed by atoms with Gasteiger partial charge < -0.3 is 14.4 Å². The summed E-state index contributed by atoms with van der Waals surface area (Å²) in [5.41, 5.74) is 0. The summed E-state index contributed by atoms with van der Waals surface area (Å²) < 4.78 is 50.9. The van der Waals surface area contributed by atoms with Crippen molar-refractivity contribution in [1.82, 2.24) is 10.2 Å². The Balaban J connectivity index is 1.83. The zero-order valence-electron chi connectivity index (χ0n) is 13.7. The fourth-order valence-electron chi connectivity index (χ4n) is 3.26. The van der Waals surface area contributed by atoms with Gasteiger partial charge in [-0.2, -0.15) is 13.2 Å². The second-order valence-corrected chi connectivity index (χ2v) is 7.13. The number of urea groups is 1. The first-order chi connectivity index (χ1) is 11.6. The molecule has 1 aromatic rings. The van der Waals surface area contributed by atoms with Crippen molar-refractivity contribution in [2.24, 2.45) is 11.8 Å². The Hall–Kier alpha value is -1.83. The Morgan fingerprint density at radius 1 is 1.24 bits per heavy atom. The summed E-state index contributed by atoms with van der Waals surface area (Å²) in [6.07, 6.45) is -4.06. The van der Waals surface area contributed by atoms with Crippen LogP contribution < -0.4 is 14.8 Å². The summed E-state index contributed by atoms with van der Waals surface area (Å²) in [5, 5.41) is 2.08. The van der Waals surface area contributed by atoms with E-state index in [1.165, 1.54) is 23.1 Å². The number of hydrogen-bond donors (Lipinski definition) is 1. The van der Waals surface area contributed by atoms with Gasteiger partial charge in [0, 0.05) is 24.2 Å². The molecule has 1 N–H and O–H groups in total. The molecule has 1 fully saturated rings. The summed E-state index contributed by atoms with van der Waals surface area (Å²) in [6.45, 7) is 4.66. The third kappa shape index (κ3) is 3.44. The molecule has 0 aliphatic carbocycles. The van der Waals surface area contributed by atoms with Crippen LogP contribution in [0.4, 0.5) is 18.0 Å². The van der Waals surface area contributed by atoms with Gasteiger partial charge in [-0.1, -0.05) is 25.4 Å². The molecule has 138 valence electrons. The number of benzene rings is 1. The molecular weight excluding hydrogens is 361 g/mol. The van der Waals surface area contributed by atoms with E-state index < -0.39 is 18.1 Å². The fourth-order valence-corrected chi connectivity index (χ4v) is 3.42. The molecule has 0 saturated carbocycles. The van der Waals surface area contributed by atoms with Gasteiger partial charge >= 0.3 is 18.1 Å². The van der Waals surface area contributed by atoms with Gasteiger partial charge in [-0.05, 0) is 30.4 Å². The van der Waals surface area contributed by atoms with Gasteiger partial charge in [0.05, 0.1) is 0 Å². The van der Waals surface area contributed by atoms with Crippen molar-refractivity contribution in [3.05, 3.63) is 23.2 Å². The molecule has 2 aliphatic heterocycles. The molecule has 1 saturated heterocycles. The SMILES string of the molecule is C[C@@H]1C[C@H](C)CN(C(=O)N[C@@]2(C(F)(F)F)Oc3ccc(Cl)cc3O2)C1. The first kappa shape index (κ1) is 18.0. The van der Waals surface area contributed by atoms with E-state index in [-0.39, 0.29) is 28.4 Å². The minimum atomic E-state index is -4.98. The topological polar surface area (TPSA) is 50.8 Å². The van der Waals surface area contributed by atoms with E-state index in [0.29, 0.717) is 13.1 Å². The van der Waals surface area contributed by atoms with Crippen LogP contribution in [0.15, 0.2) is 18.2 Å². The van der Waals surface area contributed by atoms with Gasteiger partial charge in [-0.25, -0.2) is 4.79 Å². The Kier molecular flexibility index (Phi) is 4.43. The lowest BCUT2D eigenvalue weighted by atomic mass is 9.92. The number of piperidine rings is 1. The monoisotopic (exact) mass is 378 g/mol. The molecule has 0 aromatic heterocycles. The predicted molar refractivity (Wildman–Crippen MR) is 84.5 cm³/mol. The standard InChI is InChI=1S/C16H18ClF3N2O3/c1-9-5-10(2)8-22(7-9)14(23)21-16(15(18,19)20)24-12-4-3-11(17)6-13(12)25-16/h3-4,6,9-10H,5,7-8H2,1-2H3,(H,21,23)/t9-,10+,16-/m0/s1. The lowest BCUT2D eigenvalue weighted by Crippen LogP contribution is -2.67. The molecule has 2 amide bonds. The second-order valence-electron chi connectivity index (χ2n) is 6.69. The number of nitrogens with zero attached hydrogens (tertiary/aromatic N) is 1. The van der Waals surface area contributed by atoms with Crippen molar-refractivity contribution >= 4 is 17.6 Å². The highest BCUT2D eigenvalue weighted by Crippen LogP contribution is 2.46. The number of amides is 2. The van der Waals surface area contributed by atoms with Gasteiger partial charge in [-0.15, -0.1) is 0 Å². The molecule has 3 atom stereocenters. The average molecular weight is 379 g/mol. The number of likely N-dealkylation sites (tertiary alicyclic amines) is 1. The van der Waals surface area contributed by atoms with E-state index in [1.54, 1.807) is 0 Å². The number of carbonyl (C=O) groups excluding carboxylic acids is 1. The summed E-state index contributed by atoms with van der Waals surface area (Å²) in [6, 6.07) is 2.98. The van der Waals surface area contributed by atoms with Crippen LogP contribution in [-0.2, 0) is 0 Å². The van der Waals surface area contributed by atoms with E-state index in [1.807, 2.05) is 19.2 Å². The zero-order valence-corrected chi connectivity index (χ0v) is 14.4. The van der Waals surface area contributed by atoms with Crippen LogP contribution in [0, 0.1) is 11.8 Å². The van der Waals surface area contributed by atoms with Crippen LogP contribution in [0.2, 0.25) is 5.02 Å². The first-order valence-corrected chi connectivity index (χ1v) is 8.29. The number of halogens is 4. The number of rotatable bonds is 1. The Morgan fingerprint density at radius 3 is 2.44 bits per heavy atom. The highest BCUT2D eigenvalue weighted by Gasteiger charge is 2.66. The Morgan fingerprint density at radius 2 is 1.84 bits per heavy atom. The van der Waals surface area contributed by atoms with E-state index >= 15 is 0 Å². The zero-order chi connectivity index (χ0) is 18.4. The molecule has 2 aliphatic rings. The van der Waals surface area contributed by atoms with Gasteiger partial charge in [-0.3, -0.25) is 5.32 Å². The van der Waals surface area contributed by atoms with Crippen LogP contribution >= 0.6 is 11.6 Å². The van der Waals surface area contributed by atoms with Gasteiger partial charge in [0.15, 0.2) is 11.5 Å². The van der Waals surface area contributed by atoms with Gasteiger partial charge in [0.2, 0.25) is 0 Å². The number of ether oxygens (including phenoxy) is 2. The number of nitrogens with one attached hydrogen (secondary N) is 1. The molecule has 0 bridgehead atoms. The minimum Gasteiger partial charge on any atom is -0.424 e. The lowest BCUT2D eigenvalue weighted by Gasteiger charge is -2.37. The number of hydrogen-bond acceptors (Lipinski definition) is 3. The Labute approximate surface area is 148 Å². The van der Waals surface area contributed by atoms with Crippen molar-refractivity contribution in [1.29, 1.82) is 0 Å². The van der Waals surface area contributed by atoms with E-state index in [0.717, 1.165) is 6.42 Å². The summed E-state index contributed by atoms with van der Waals surface area (Å²) >= 11 is 5.78. The quantitative estimate of drug-likeness (QED) is 0.803. The number of alkyl halides is 3. The van der Waals surface area contributed by atoms with Crippen molar-refractivity contribution in [3.63, 3.8) is 0 Å². The molecule has 25 heavy (non-hydrogen) atoms. The second kappa shape index (κ2) is 6.16. The molecule has 2 heterocycles. The van der Waals surface area contributed by atoms with Crippen molar-refractivity contribution in [3.8, 4) is 11.5 Å². The summed E-state index contributed by atoms with van der Waals surface area (Å²) in [5.74, 6) is -3.16. The molecule has 9 heteroatoms. The first-order valence-electron chi connectivity index (χ1n) is 7.91. The average Bonchev–Trinajstić information content (AvgIpc) is 2.84. The van der Waals surface area contributed by atoms with Crippen LogP contribution in [0.25, 0.3) is 0 Å². The fraction of sp³-hybridized carbons (Fsp3) is 0.562. The molecule has 3 rings (SSSR count). The summed E-state index contributed by atoms with van der Waals surface area (Å²) in [4.78, 5) is 13.8. The third-order valence-corrected chi connectivity index (χ3v) is 4.45.